The van der Waals surface area contributed by atoms with Gasteiger partial charge < -0.3 is 25.8 Å². The molecule has 47 heavy (non-hydrogen) atoms. The minimum Gasteiger partial charge on any atom is -0.411 e. The van der Waals surface area contributed by atoms with Crippen molar-refractivity contribution in [2.24, 2.45) is 5.16 Å². The van der Waals surface area contributed by atoms with Gasteiger partial charge in [0.15, 0.2) is 5.78 Å². The number of aryl methyl sites for hydroxylation is 2. The van der Waals surface area contributed by atoms with Gasteiger partial charge in [-0.2, -0.15) is 0 Å². The summed E-state index contributed by atoms with van der Waals surface area (Å²) in [5, 5.41) is 20.2. The lowest BCUT2D eigenvalue weighted by Gasteiger charge is -2.12. The molecule has 11 nitrogen and oxygen atoms in total. The highest BCUT2D eigenvalue weighted by molar-refractivity contribution is 6.10. The summed E-state index contributed by atoms with van der Waals surface area (Å²) in [4.78, 5) is 51.3. The normalized spacial score (nSPS) is 14.6. The van der Waals surface area contributed by atoms with E-state index in [2.05, 4.69) is 35.7 Å². The number of ketones is 1. The number of rotatable bonds is 4. The Morgan fingerprint density at radius 1 is 0.702 bits per heavy atom. The van der Waals surface area contributed by atoms with E-state index in [1.54, 1.807) is 61.2 Å². The Bertz CT molecular complexity index is 2170. The number of amides is 2. The largest absolute Gasteiger partial charge is 0.411 e. The first kappa shape index (κ1) is 29.6. The van der Waals surface area contributed by atoms with Gasteiger partial charge in [-0.3, -0.25) is 24.4 Å². The van der Waals surface area contributed by atoms with Crippen LogP contribution in [0.1, 0.15) is 73.7 Å². The Morgan fingerprint density at radius 3 is 1.77 bits per heavy atom. The van der Waals surface area contributed by atoms with Gasteiger partial charge in [-0.25, -0.2) is 0 Å². The third-order valence-corrected chi connectivity index (χ3v) is 8.53. The molecule has 0 unspecified atom stereocenters. The summed E-state index contributed by atoms with van der Waals surface area (Å²) in [6.45, 7) is 0. The van der Waals surface area contributed by atoms with Crippen LogP contribution in [0.5, 0.6) is 0 Å². The Labute approximate surface area is 269 Å². The van der Waals surface area contributed by atoms with Gasteiger partial charge in [0.1, 0.15) is 5.71 Å². The summed E-state index contributed by atoms with van der Waals surface area (Å²) in [5.41, 5.74) is 8.73. The van der Waals surface area contributed by atoms with Crippen molar-refractivity contribution in [1.82, 2.24) is 19.9 Å². The van der Waals surface area contributed by atoms with E-state index >= 15 is 0 Å². The molecule has 4 heterocycles. The highest BCUT2D eigenvalue weighted by Gasteiger charge is 2.23. The number of aromatic amines is 2. The average molecular weight is 626 g/mol. The lowest BCUT2D eigenvalue weighted by molar-refractivity contribution is 0.0966. The maximum absolute atomic E-state index is 12.5. The van der Waals surface area contributed by atoms with Gasteiger partial charge in [0.2, 0.25) is 0 Å². The monoisotopic (exact) mass is 625 g/mol. The van der Waals surface area contributed by atoms with Gasteiger partial charge in [-0.05, 0) is 104 Å². The molecule has 6 aromatic rings. The maximum atomic E-state index is 12.5. The second-order valence-corrected chi connectivity index (χ2v) is 11.5. The van der Waals surface area contributed by atoms with Crippen molar-refractivity contribution in [3.8, 4) is 0 Å². The highest BCUT2D eigenvalue weighted by atomic mass is 16.4. The fourth-order valence-electron chi connectivity index (χ4n) is 6.27. The predicted molar refractivity (Wildman–Crippen MR) is 180 cm³/mol. The number of benzene rings is 2. The molecule has 234 valence electrons. The van der Waals surface area contributed by atoms with Crippen molar-refractivity contribution in [3.63, 3.8) is 0 Å². The Kier molecular flexibility index (Phi) is 8.01. The van der Waals surface area contributed by atoms with Crippen molar-refractivity contribution >= 4 is 56.5 Å². The average Bonchev–Trinajstić information content (AvgIpc) is 3.68. The van der Waals surface area contributed by atoms with Gasteiger partial charge in [-0.1, -0.05) is 5.16 Å². The standard InChI is InChI=1S/C18H16N4O2.C18H15N3O2/c23-18(20-12-3-2-8-19-10-12)11-6-7-15-14(9-11)13-4-1-5-16(22-24)17(13)21-15;22-16-5-1-4-13-14-9-11(6-7-15(14)21-17(13)16)18(23)20-12-3-2-8-19-10-12/h2-3,6-10,21,24H,1,4-5H2,(H,20,23);2-3,6-10,21H,1,4-5H2,(H,20,23). The second-order valence-electron chi connectivity index (χ2n) is 11.5. The van der Waals surface area contributed by atoms with E-state index in [1.165, 1.54) is 0 Å². The van der Waals surface area contributed by atoms with Gasteiger partial charge in [-0.15, -0.1) is 0 Å². The van der Waals surface area contributed by atoms with Crippen LogP contribution in [0.15, 0.2) is 90.6 Å². The lowest BCUT2D eigenvalue weighted by Crippen LogP contribution is -2.12. The first-order valence-corrected chi connectivity index (χ1v) is 15.4. The van der Waals surface area contributed by atoms with Crippen molar-refractivity contribution in [1.29, 1.82) is 0 Å². The summed E-state index contributed by atoms with van der Waals surface area (Å²) in [7, 11) is 0. The minimum atomic E-state index is -0.183. The third kappa shape index (κ3) is 5.98. The SMILES string of the molecule is O=C(Nc1cccnc1)c1ccc2[nH]c3c(c2c1)CCCC3=NO.O=C(Nc1cccnc1)c1ccc2[nH]c3c(c2c1)CCCC3=O. The van der Waals surface area contributed by atoms with E-state index in [0.717, 1.165) is 70.7 Å². The van der Waals surface area contributed by atoms with Crippen LogP contribution in [0, 0.1) is 0 Å². The number of hydrogen-bond acceptors (Lipinski definition) is 7. The fourth-order valence-corrected chi connectivity index (χ4v) is 6.27. The summed E-state index contributed by atoms with van der Waals surface area (Å²) in [6, 6.07) is 18.2. The number of Topliss-reactive ketones (excluding diaryl/α,β-unsaturated/α-hetero) is 1. The smallest absolute Gasteiger partial charge is 0.255 e. The van der Waals surface area contributed by atoms with E-state index in [9.17, 15) is 14.4 Å². The van der Waals surface area contributed by atoms with E-state index in [0.29, 0.717) is 40.3 Å². The van der Waals surface area contributed by atoms with Crippen LogP contribution in [-0.2, 0) is 12.8 Å². The van der Waals surface area contributed by atoms with Gasteiger partial charge in [0.05, 0.1) is 35.2 Å². The number of carbonyl (C=O) groups is 3. The van der Waals surface area contributed by atoms with Crippen LogP contribution in [0.4, 0.5) is 11.4 Å². The highest BCUT2D eigenvalue weighted by Crippen LogP contribution is 2.31. The molecule has 5 N–H and O–H groups in total. The molecule has 4 aromatic heterocycles. The number of H-pyrrole nitrogens is 2. The molecule has 11 heteroatoms. The van der Waals surface area contributed by atoms with Crippen molar-refractivity contribution in [3.05, 3.63) is 119 Å². The number of aromatic nitrogens is 4. The van der Waals surface area contributed by atoms with Crippen LogP contribution in [0.25, 0.3) is 21.8 Å². The summed E-state index contributed by atoms with van der Waals surface area (Å²) >= 11 is 0. The van der Waals surface area contributed by atoms with Gasteiger partial charge in [0, 0.05) is 51.7 Å². The van der Waals surface area contributed by atoms with Crippen LogP contribution < -0.4 is 10.6 Å². The molecule has 0 bridgehead atoms. The number of nitrogens with zero attached hydrogens (tertiary/aromatic N) is 3. The molecule has 0 saturated heterocycles. The zero-order valence-electron chi connectivity index (χ0n) is 25.3. The lowest BCUT2D eigenvalue weighted by atomic mass is 9.93. The van der Waals surface area contributed by atoms with Crippen LogP contribution >= 0.6 is 0 Å². The fraction of sp³-hybridized carbons (Fsp3) is 0.167. The minimum absolute atomic E-state index is 0.156. The topological polar surface area (TPSA) is 165 Å². The number of pyridine rings is 2. The summed E-state index contributed by atoms with van der Waals surface area (Å²) in [6.07, 6.45) is 11.5. The molecule has 8 rings (SSSR count). The number of fused-ring (bicyclic) bond motifs is 6. The van der Waals surface area contributed by atoms with E-state index < -0.39 is 0 Å². The molecule has 0 saturated carbocycles. The molecule has 0 radical (unpaired) electrons. The second kappa shape index (κ2) is 12.7. The zero-order valence-corrected chi connectivity index (χ0v) is 25.3. The molecule has 2 aliphatic rings. The zero-order chi connectivity index (χ0) is 32.3. The molecule has 0 atom stereocenters. The quantitative estimate of drug-likeness (QED) is 0.108. The van der Waals surface area contributed by atoms with Gasteiger partial charge in [0.25, 0.3) is 11.8 Å². The Balaban J connectivity index is 0.000000150. The first-order chi connectivity index (χ1) is 23.0. The van der Waals surface area contributed by atoms with Crippen molar-refractivity contribution in [2.75, 3.05) is 10.6 Å². The summed E-state index contributed by atoms with van der Waals surface area (Å²) in [5.74, 6) is -0.201. The number of nitrogens with one attached hydrogen (secondary N) is 4. The van der Waals surface area contributed by atoms with Crippen LogP contribution in [0.3, 0.4) is 0 Å². The van der Waals surface area contributed by atoms with E-state index in [1.807, 2.05) is 24.3 Å². The molecule has 0 spiro atoms. The molecule has 2 aliphatic carbocycles. The predicted octanol–water partition coefficient (Wildman–Crippen LogP) is 6.66. The Hall–Kier alpha value is -6.10. The maximum Gasteiger partial charge on any atom is 0.255 e. The van der Waals surface area contributed by atoms with Crippen molar-refractivity contribution in [2.45, 2.75) is 38.5 Å². The summed E-state index contributed by atoms with van der Waals surface area (Å²) < 4.78 is 0. The number of carbonyl (C=O) groups excluding carboxylic acids is 3. The molecule has 0 fully saturated rings. The van der Waals surface area contributed by atoms with E-state index in [4.69, 9.17) is 5.21 Å². The Morgan fingerprint density at radius 2 is 1.23 bits per heavy atom. The van der Waals surface area contributed by atoms with Crippen molar-refractivity contribution < 1.29 is 19.6 Å². The molecular formula is C36H31N7O4. The number of anilines is 2. The van der Waals surface area contributed by atoms with E-state index in [-0.39, 0.29) is 17.6 Å². The van der Waals surface area contributed by atoms with Crippen LogP contribution in [0.2, 0.25) is 0 Å². The first-order valence-electron chi connectivity index (χ1n) is 15.4. The number of hydrogen-bond donors (Lipinski definition) is 5. The third-order valence-electron chi connectivity index (χ3n) is 8.53. The molecule has 0 aliphatic heterocycles. The van der Waals surface area contributed by atoms with Crippen LogP contribution in [-0.4, -0.2) is 48.5 Å². The molecular weight excluding hydrogens is 594 g/mol. The number of oxime groups is 1. The molecule has 2 amide bonds. The van der Waals surface area contributed by atoms with Gasteiger partial charge >= 0.3 is 0 Å². The molecule has 2 aromatic carbocycles.